The number of carboxylic acid groups (broad SMARTS) is 1. The fourth-order valence-corrected chi connectivity index (χ4v) is 6.26. The van der Waals surface area contributed by atoms with Gasteiger partial charge < -0.3 is 10.4 Å². The largest absolute Gasteiger partial charge is 0.481 e. The van der Waals surface area contributed by atoms with Gasteiger partial charge in [-0.05, 0) is 67.3 Å². The molecular formula is C24H37NO3. The molecule has 28 heavy (non-hydrogen) atoms. The Kier molecular flexibility index (Phi) is 6.07. The maximum Gasteiger partial charge on any atom is 0.303 e. The van der Waals surface area contributed by atoms with E-state index < -0.39 is 5.97 Å². The second kappa shape index (κ2) is 8.04. The van der Waals surface area contributed by atoms with Gasteiger partial charge in [-0.2, -0.15) is 0 Å². The number of carbonyl (C=O) groups excluding carboxylic acids is 1. The first-order valence-corrected chi connectivity index (χ1v) is 11.1. The zero-order valence-electron chi connectivity index (χ0n) is 18.0. The van der Waals surface area contributed by atoms with E-state index in [9.17, 15) is 9.59 Å². The molecular weight excluding hydrogens is 350 g/mol. The first-order chi connectivity index (χ1) is 13.2. The van der Waals surface area contributed by atoms with Crippen molar-refractivity contribution in [2.75, 3.05) is 6.54 Å². The van der Waals surface area contributed by atoms with Crippen molar-refractivity contribution < 1.29 is 14.7 Å². The Morgan fingerprint density at radius 1 is 1.29 bits per heavy atom. The highest BCUT2D eigenvalue weighted by molar-refractivity contribution is 5.83. The van der Waals surface area contributed by atoms with E-state index in [4.69, 9.17) is 5.11 Å². The minimum Gasteiger partial charge on any atom is -0.481 e. The lowest BCUT2D eigenvalue weighted by Crippen LogP contribution is -2.55. The van der Waals surface area contributed by atoms with Crippen LogP contribution < -0.4 is 5.32 Å². The van der Waals surface area contributed by atoms with Crippen molar-refractivity contribution in [1.82, 2.24) is 5.32 Å². The number of aliphatic carboxylic acids is 1. The Morgan fingerprint density at radius 3 is 2.71 bits per heavy atom. The molecule has 0 aromatic rings. The highest BCUT2D eigenvalue weighted by Crippen LogP contribution is 2.62. The van der Waals surface area contributed by atoms with Gasteiger partial charge >= 0.3 is 5.97 Å². The average molecular weight is 388 g/mol. The molecule has 1 saturated carbocycles. The number of carboxylic acids is 1. The number of carbonyl (C=O) groups is 2. The summed E-state index contributed by atoms with van der Waals surface area (Å²) in [6, 6.07) is 0. The quantitative estimate of drug-likeness (QED) is 0.623. The summed E-state index contributed by atoms with van der Waals surface area (Å²) in [5.41, 5.74) is 2.90. The van der Waals surface area contributed by atoms with Crippen LogP contribution in [0.25, 0.3) is 0 Å². The first kappa shape index (κ1) is 21.1. The fraction of sp³-hybridized carbons (Fsp3) is 0.750. The van der Waals surface area contributed by atoms with Crippen molar-refractivity contribution in [2.24, 2.45) is 28.6 Å². The molecule has 0 radical (unpaired) electrons. The van der Waals surface area contributed by atoms with E-state index in [1.165, 1.54) is 24.8 Å². The number of amides is 1. The smallest absolute Gasteiger partial charge is 0.303 e. The van der Waals surface area contributed by atoms with Gasteiger partial charge in [-0.15, -0.1) is 0 Å². The summed E-state index contributed by atoms with van der Waals surface area (Å²) < 4.78 is 0. The van der Waals surface area contributed by atoms with Crippen LogP contribution in [-0.2, 0) is 9.59 Å². The monoisotopic (exact) mass is 387 g/mol. The van der Waals surface area contributed by atoms with Crippen molar-refractivity contribution >= 4 is 11.9 Å². The minimum atomic E-state index is -0.804. The maximum atomic E-state index is 13.2. The van der Waals surface area contributed by atoms with Crippen LogP contribution in [0.4, 0.5) is 0 Å². The van der Waals surface area contributed by atoms with E-state index in [-0.39, 0.29) is 23.2 Å². The van der Waals surface area contributed by atoms with Crippen LogP contribution in [0.3, 0.4) is 0 Å². The van der Waals surface area contributed by atoms with Crippen molar-refractivity contribution in [3.05, 3.63) is 23.3 Å². The summed E-state index contributed by atoms with van der Waals surface area (Å²) >= 11 is 0. The number of nitrogens with one attached hydrogen (secondary N) is 1. The molecule has 0 bridgehead atoms. The first-order valence-electron chi connectivity index (χ1n) is 11.1. The Hall–Kier alpha value is -1.58. The molecule has 0 spiro atoms. The van der Waals surface area contributed by atoms with Crippen LogP contribution in [0, 0.1) is 28.6 Å². The molecule has 4 nitrogen and oxygen atoms in total. The van der Waals surface area contributed by atoms with Crippen LogP contribution >= 0.6 is 0 Å². The van der Waals surface area contributed by atoms with Crippen molar-refractivity contribution in [1.29, 1.82) is 0 Å². The van der Waals surface area contributed by atoms with Gasteiger partial charge in [0.25, 0.3) is 0 Å². The molecule has 1 amide bonds. The third-order valence-corrected chi connectivity index (χ3v) is 7.95. The summed E-state index contributed by atoms with van der Waals surface area (Å²) in [6.07, 6.45) is 12.1. The van der Waals surface area contributed by atoms with E-state index >= 15 is 0 Å². The second-order valence-corrected chi connectivity index (χ2v) is 9.99. The third-order valence-electron chi connectivity index (χ3n) is 7.95. The van der Waals surface area contributed by atoms with Gasteiger partial charge in [0.2, 0.25) is 5.91 Å². The van der Waals surface area contributed by atoms with E-state index in [2.05, 4.69) is 45.2 Å². The van der Waals surface area contributed by atoms with Gasteiger partial charge in [0.05, 0.1) is 5.41 Å². The topological polar surface area (TPSA) is 66.4 Å². The van der Waals surface area contributed by atoms with Gasteiger partial charge in [0.1, 0.15) is 0 Å². The molecule has 3 aliphatic carbocycles. The number of hydrogen-bond donors (Lipinski definition) is 2. The van der Waals surface area contributed by atoms with Gasteiger partial charge in [-0.1, -0.05) is 51.8 Å². The highest BCUT2D eigenvalue weighted by atomic mass is 16.4. The molecule has 4 atom stereocenters. The standard InChI is InChI=1S/C24H37NO3/c1-16(2)17-8-10-19-18(15-17)9-11-20-23(19,3)12-6-13-24(20,4)22(28)25-14-5-7-21(26)27/h9,15-16,19-20H,5-8,10-14H2,1-4H3,(H,25,28)(H,26,27)/t19?,20-,23-,24-/m1/s1. The molecule has 3 rings (SSSR count). The zero-order valence-corrected chi connectivity index (χ0v) is 18.0. The van der Waals surface area contributed by atoms with Gasteiger partial charge in [-0.3, -0.25) is 9.59 Å². The third kappa shape index (κ3) is 3.79. The Balaban J connectivity index is 1.79. The van der Waals surface area contributed by atoms with Crippen LogP contribution in [0.5, 0.6) is 0 Å². The molecule has 0 heterocycles. The summed E-state index contributed by atoms with van der Waals surface area (Å²) in [4.78, 5) is 23.9. The predicted octanol–water partition coefficient (Wildman–Crippen LogP) is 5.10. The number of fused-ring (bicyclic) bond motifs is 3. The molecule has 4 heteroatoms. The molecule has 0 aliphatic heterocycles. The van der Waals surface area contributed by atoms with Gasteiger partial charge in [-0.25, -0.2) is 0 Å². The predicted molar refractivity (Wildman–Crippen MR) is 112 cm³/mol. The lowest BCUT2D eigenvalue weighted by Gasteiger charge is -2.57. The van der Waals surface area contributed by atoms with Gasteiger partial charge in [0, 0.05) is 13.0 Å². The fourth-order valence-electron chi connectivity index (χ4n) is 6.26. The summed E-state index contributed by atoms with van der Waals surface area (Å²) in [5.74, 6) is 0.853. The lowest BCUT2D eigenvalue weighted by molar-refractivity contribution is -0.144. The van der Waals surface area contributed by atoms with Crippen molar-refractivity contribution in [2.45, 2.75) is 79.1 Å². The summed E-state index contributed by atoms with van der Waals surface area (Å²) in [6.45, 7) is 9.60. The summed E-state index contributed by atoms with van der Waals surface area (Å²) in [7, 11) is 0. The van der Waals surface area contributed by atoms with Crippen LogP contribution in [0.1, 0.15) is 79.1 Å². The van der Waals surface area contributed by atoms with Crippen molar-refractivity contribution in [3.63, 3.8) is 0 Å². The average Bonchev–Trinajstić information content (AvgIpc) is 2.64. The van der Waals surface area contributed by atoms with E-state index in [0.717, 1.165) is 19.3 Å². The maximum absolute atomic E-state index is 13.2. The molecule has 3 aliphatic rings. The number of rotatable bonds is 6. The van der Waals surface area contributed by atoms with E-state index in [0.29, 0.717) is 30.7 Å². The van der Waals surface area contributed by atoms with E-state index in [1.54, 1.807) is 5.57 Å². The molecule has 0 aromatic carbocycles. The second-order valence-electron chi connectivity index (χ2n) is 9.99. The van der Waals surface area contributed by atoms with Crippen LogP contribution in [0.2, 0.25) is 0 Å². The Bertz CT molecular complexity index is 692. The minimum absolute atomic E-state index is 0.108. The molecule has 1 fully saturated rings. The molecule has 0 saturated heterocycles. The van der Waals surface area contributed by atoms with E-state index in [1.807, 2.05) is 0 Å². The Morgan fingerprint density at radius 2 is 2.04 bits per heavy atom. The SMILES string of the molecule is CC(C)C1=CC2=CC[C@H]3[C@](C)(C(=O)NCCCC(=O)O)CCC[C@]3(C)C2CC1. The normalized spacial score (nSPS) is 34.8. The molecule has 2 N–H and O–H groups in total. The highest BCUT2D eigenvalue weighted by Gasteiger charge is 2.56. The molecule has 0 aromatic heterocycles. The van der Waals surface area contributed by atoms with Crippen molar-refractivity contribution in [3.8, 4) is 0 Å². The number of allylic oxidation sites excluding steroid dienone is 4. The lowest BCUT2D eigenvalue weighted by atomic mass is 9.46. The zero-order chi connectivity index (χ0) is 20.5. The Labute approximate surface area is 169 Å². The molecule has 156 valence electrons. The molecule has 1 unspecified atom stereocenters. The van der Waals surface area contributed by atoms with Crippen LogP contribution in [-0.4, -0.2) is 23.5 Å². The summed E-state index contributed by atoms with van der Waals surface area (Å²) in [5, 5.41) is 11.9. The number of hydrogen-bond acceptors (Lipinski definition) is 2. The van der Waals surface area contributed by atoms with Crippen LogP contribution in [0.15, 0.2) is 23.3 Å². The van der Waals surface area contributed by atoms with Gasteiger partial charge in [0.15, 0.2) is 0 Å².